The van der Waals surface area contributed by atoms with Gasteiger partial charge in [0.1, 0.15) is 17.1 Å². The van der Waals surface area contributed by atoms with Crippen molar-refractivity contribution in [2.24, 2.45) is 0 Å². The SMILES string of the molecule is CCCCCCOc1ccc(C2/C(=C(\O)c3nc4c(C)cccn4c3C)C(=O)C(=O)N2CCCn2ccnc2)cc1. The van der Waals surface area contributed by atoms with E-state index in [2.05, 4.69) is 16.9 Å². The van der Waals surface area contributed by atoms with Crippen LogP contribution in [0.5, 0.6) is 5.75 Å². The van der Waals surface area contributed by atoms with Crippen LogP contribution >= 0.6 is 0 Å². The van der Waals surface area contributed by atoms with E-state index >= 15 is 0 Å². The molecular weight excluding hydrogens is 518 g/mol. The first-order valence-electron chi connectivity index (χ1n) is 14.3. The molecule has 5 rings (SSSR count). The Labute approximate surface area is 240 Å². The molecule has 1 saturated heterocycles. The van der Waals surface area contributed by atoms with Gasteiger partial charge in [-0.25, -0.2) is 9.97 Å². The van der Waals surface area contributed by atoms with E-state index < -0.39 is 17.7 Å². The number of aliphatic hydroxyl groups is 1. The zero-order valence-electron chi connectivity index (χ0n) is 23.9. The number of unbranched alkanes of at least 4 members (excludes halogenated alkanes) is 3. The van der Waals surface area contributed by atoms with Crippen LogP contribution in [0.3, 0.4) is 0 Å². The third kappa shape index (κ3) is 5.75. The van der Waals surface area contributed by atoms with Crippen LogP contribution < -0.4 is 4.74 Å². The second kappa shape index (κ2) is 12.4. The maximum absolute atomic E-state index is 13.5. The van der Waals surface area contributed by atoms with E-state index in [0.717, 1.165) is 29.7 Å². The number of amides is 1. The van der Waals surface area contributed by atoms with E-state index in [-0.39, 0.29) is 11.3 Å². The summed E-state index contributed by atoms with van der Waals surface area (Å²) in [5.74, 6) is -0.869. The lowest BCUT2D eigenvalue weighted by atomic mass is 9.96. The number of rotatable bonds is 12. The van der Waals surface area contributed by atoms with Gasteiger partial charge in [0, 0.05) is 31.7 Å². The predicted octanol–water partition coefficient (Wildman–Crippen LogP) is 5.62. The molecule has 1 N–H and O–H groups in total. The standard InChI is InChI=1S/C32H37N5O4/c1-4-5-6-7-20-41-25-13-11-24(12-14-25)28-26(29(38)27-23(3)36-17-8-10-22(2)31(36)34-27)30(39)32(40)37(28)18-9-16-35-19-15-33-21-35/h8,10-15,17,19,21,28,38H,4-7,9,16,18,20H2,1-3H3/b29-26+. The van der Waals surface area contributed by atoms with Crippen molar-refractivity contribution in [1.29, 1.82) is 0 Å². The van der Waals surface area contributed by atoms with E-state index in [4.69, 9.17) is 4.74 Å². The lowest BCUT2D eigenvalue weighted by molar-refractivity contribution is -0.139. The summed E-state index contributed by atoms with van der Waals surface area (Å²) in [4.78, 5) is 37.2. The fourth-order valence-electron chi connectivity index (χ4n) is 5.44. The van der Waals surface area contributed by atoms with Crippen LogP contribution in [0.4, 0.5) is 0 Å². The summed E-state index contributed by atoms with van der Waals surface area (Å²) in [6.07, 6.45) is 12.3. The molecule has 214 valence electrons. The number of hydrogen-bond donors (Lipinski definition) is 1. The monoisotopic (exact) mass is 555 g/mol. The quantitative estimate of drug-likeness (QED) is 0.105. The first kappa shape index (κ1) is 28.1. The van der Waals surface area contributed by atoms with Crippen molar-refractivity contribution in [2.45, 2.75) is 65.5 Å². The summed E-state index contributed by atoms with van der Waals surface area (Å²) >= 11 is 0. The summed E-state index contributed by atoms with van der Waals surface area (Å²) in [6.45, 7) is 7.58. The van der Waals surface area contributed by atoms with Crippen LogP contribution in [0, 0.1) is 13.8 Å². The zero-order valence-corrected chi connectivity index (χ0v) is 23.9. The van der Waals surface area contributed by atoms with Gasteiger partial charge in [0.2, 0.25) is 0 Å². The minimum absolute atomic E-state index is 0.0509. The number of imidazole rings is 2. The van der Waals surface area contributed by atoms with E-state index in [1.807, 2.05) is 71.6 Å². The normalized spacial score (nSPS) is 16.7. The molecule has 1 aliphatic rings. The maximum Gasteiger partial charge on any atom is 0.295 e. The van der Waals surface area contributed by atoms with Gasteiger partial charge in [-0.2, -0.15) is 0 Å². The third-order valence-electron chi connectivity index (χ3n) is 7.69. The van der Waals surface area contributed by atoms with Crippen LogP contribution in [-0.2, 0) is 16.1 Å². The number of carbonyl (C=O) groups is 2. The lowest BCUT2D eigenvalue weighted by Crippen LogP contribution is -2.31. The van der Waals surface area contributed by atoms with Gasteiger partial charge >= 0.3 is 0 Å². The molecule has 4 aromatic rings. The molecule has 41 heavy (non-hydrogen) atoms. The highest BCUT2D eigenvalue weighted by molar-refractivity contribution is 6.46. The number of benzene rings is 1. The molecule has 1 atom stereocenters. The molecule has 0 spiro atoms. The van der Waals surface area contributed by atoms with Crippen molar-refractivity contribution in [3.63, 3.8) is 0 Å². The van der Waals surface area contributed by atoms with Gasteiger partial charge in [-0.05, 0) is 56.0 Å². The highest BCUT2D eigenvalue weighted by Gasteiger charge is 2.46. The van der Waals surface area contributed by atoms with Crippen LogP contribution in [0.15, 0.2) is 66.9 Å². The number of carbonyl (C=O) groups excluding carboxylic acids is 2. The van der Waals surface area contributed by atoms with Gasteiger partial charge in [0.05, 0.1) is 30.2 Å². The van der Waals surface area contributed by atoms with Crippen LogP contribution in [0.1, 0.15) is 67.6 Å². The minimum Gasteiger partial charge on any atom is -0.505 e. The summed E-state index contributed by atoms with van der Waals surface area (Å²) in [7, 11) is 0. The smallest absolute Gasteiger partial charge is 0.295 e. The molecule has 1 unspecified atom stereocenters. The summed E-state index contributed by atoms with van der Waals surface area (Å²) < 4.78 is 9.73. The second-order valence-electron chi connectivity index (χ2n) is 10.6. The number of fused-ring (bicyclic) bond motifs is 1. The van der Waals surface area contributed by atoms with Gasteiger partial charge in [0.15, 0.2) is 5.76 Å². The number of Topliss-reactive ketones (excluding diaryl/α,β-unsaturated/α-hetero) is 1. The van der Waals surface area contributed by atoms with Crippen molar-refractivity contribution in [2.75, 3.05) is 13.2 Å². The maximum atomic E-state index is 13.5. The van der Waals surface area contributed by atoms with Gasteiger partial charge in [0.25, 0.3) is 11.7 Å². The Kier molecular flexibility index (Phi) is 8.52. The van der Waals surface area contributed by atoms with Gasteiger partial charge in [-0.15, -0.1) is 0 Å². The molecule has 9 heteroatoms. The molecule has 4 heterocycles. The van der Waals surface area contributed by atoms with Crippen LogP contribution in [0.25, 0.3) is 11.4 Å². The molecule has 0 saturated carbocycles. The Hall–Kier alpha value is -4.40. The first-order valence-corrected chi connectivity index (χ1v) is 14.3. The Balaban J connectivity index is 1.49. The van der Waals surface area contributed by atoms with Crippen molar-refractivity contribution in [3.05, 3.63) is 89.4 Å². The molecule has 0 radical (unpaired) electrons. The predicted molar refractivity (Wildman–Crippen MR) is 157 cm³/mol. The highest BCUT2D eigenvalue weighted by Crippen LogP contribution is 2.40. The fourth-order valence-corrected chi connectivity index (χ4v) is 5.44. The van der Waals surface area contributed by atoms with E-state index in [1.54, 1.807) is 17.4 Å². The Morgan fingerprint density at radius 1 is 1.00 bits per heavy atom. The molecule has 9 nitrogen and oxygen atoms in total. The minimum atomic E-state index is -0.748. The number of ether oxygens (including phenoxy) is 1. The summed E-state index contributed by atoms with van der Waals surface area (Å²) in [5, 5.41) is 11.6. The fraction of sp³-hybridized carbons (Fsp3) is 0.375. The lowest BCUT2D eigenvalue weighted by Gasteiger charge is -2.25. The highest BCUT2D eigenvalue weighted by atomic mass is 16.5. The average Bonchev–Trinajstić information content (AvgIpc) is 3.68. The first-order chi connectivity index (χ1) is 19.9. The Morgan fingerprint density at radius 2 is 1.80 bits per heavy atom. The number of aliphatic hydroxyl groups excluding tert-OH is 1. The topological polar surface area (TPSA) is 102 Å². The van der Waals surface area contributed by atoms with Crippen molar-refractivity contribution >= 4 is 23.1 Å². The van der Waals surface area contributed by atoms with E-state index in [9.17, 15) is 14.7 Å². The van der Waals surface area contributed by atoms with Crippen molar-refractivity contribution in [3.8, 4) is 5.75 Å². The van der Waals surface area contributed by atoms with E-state index in [1.165, 1.54) is 12.8 Å². The largest absolute Gasteiger partial charge is 0.505 e. The second-order valence-corrected chi connectivity index (χ2v) is 10.6. The third-order valence-corrected chi connectivity index (χ3v) is 7.69. The molecule has 1 aromatic carbocycles. The van der Waals surface area contributed by atoms with Crippen LogP contribution in [-0.4, -0.2) is 53.8 Å². The van der Waals surface area contributed by atoms with Crippen molar-refractivity contribution < 1.29 is 19.4 Å². The number of aromatic nitrogens is 4. The molecule has 0 aliphatic carbocycles. The molecule has 3 aromatic heterocycles. The summed E-state index contributed by atoms with van der Waals surface area (Å²) in [5.41, 5.74) is 3.40. The summed E-state index contributed by atoms with van der Waals surface area (Å²) in [6, 6.07) is 10.6. The number of aryl methyl sites for hydroxylation is 3. The molecule has 1 amide bonds. The number of pyridine rings is 1. The number of likely N-dealkylation sites (tertiary alicyclic amines) is 1. The van der Waals surface area contributed by atoms with E-state index in [0.29, 0.717) is 43.2 Å². The number of ketones is 1. The number of nitrogens with zero attached hydrogens (tertiary/aromatic N) is 5. The number of hydrogen-bond acceptors (Lipinski definition) is 6. The van der Waals surface area contributed by atoms with Gasteiger partial charge < -0.3 is 23.7 Å². The van der Waals surface area contributed by atoms with Crippen LogP contribution in [0.2, 0.25) is 0 Å². The Morgan fingerprint density at radius 3 is 2.51 bits per heavy atom. The average molecular weight is 556 g/mol. The van der Waals surface area contributed by atoms with Crippen molar-refractivity contribution in [1.82, 2.24) is 23.8 Å². The molecule has 1 aliphatic heterocycles. The Bertz CT molecular complexity index is 1550. The molecule has 0 bridgehead atoms. The molecular formula is C32H37N5O4. The van der Waals surface area contributed by atoms with Gasteiger partial charge in [-0.1, -0.05) is 44.4 Å². The van der Waals surface area contributed by atoms with Gasteiger partial charge in [-0.3, -0.25) is 9.59 Å². The zero-order chi connectivity index (χ0) is 28.9. The molecule has 1 fully saturated rings.